The van der Waals surface area contributed by atoms with Crippen molar-refractivity contribution in [3.8, 4) is 5.75 Å². The van der Waals surface area contributed by atoms with Crippen molar-refractivity contribution in [2.75, 3.05) is 4.90 Å². The maximum Gasteiger partial charge on any atom is 0.421 e. The Morgan fingerprint density at radius 1 is 1.07 bits per heavy atom. The van der Waals surface area contributed by atoms with Crippen molar-refractivity contribution < 1.29 is 29.0 Å². The largest absolute Gasteiger partial charge is 0.508 e. The quantitative estimate of drug-likeness (QED) is 0.594. The average molecular weight is 377 g/mol. The van der Waals surface area contributed by atoms with Gasteiger partial charge in [-0.1, -0.05) is 6.07 Å². The van der Waals surface area contributed by atoms with Crippen LogP contribution in [0.2, 0.25) is 0 Å². The van der Waals surface area contributed by atoms with Crippen LogP contribution in [0, 0.1) is 5.92 Å². The molecule has 7 heteroatoms. The zero-order chi connectivity index (χ0) is 20.6. The summed E-state index contributed by atoms with van der Waals surface area (Å²) in [7, 11) is 0. The number of esters is 1. The molecule has 2 rings (SSSR count). The fourth-order valence-corrected chi connectivity index (χ4v) is 2.76. The number of rotatable bonds is 1. The molecule has 0 saturated carbocycles. The molecule has 2 amide bonds. The molecule has 1 aliphatic heterocycles. The predicted octanol–water partition coefficient (Wildman–Crippen LogP) is 3.56. The highest BCUT2D eigenvalue weighted by Gasteiger charge is 2.41. The van der Waals surface area contributed by atoms with Crippen LogP contribution >= 0.6 is 0 Å². The van der Waals surface area contributed by atoms with Crippen molar-refractivity contribution in [3.63, 3.8) is 0 Å². The Bertz CT molecular complexity index is 757. The first-order valence-electron chi connectivity index (χ1n) is 8.90. The van der Waals surface area contributed by atoms with Crippen molar-refractivity contribution in [1.82, 2.24) is 0 Å². The van der Waals surface area contributed by atoms with Gasteiger partial charge in [-0.05, 0) is 66.0 Å². The molecular weight excluding hydrogens is 350 g/mol. The standard InChI is InChI=1S/C20H27NO6/c1-19(2,3)26-17(24)14-10-8-12-7-9-13(22)11-15(12)21(16(14)23)18(25)27-20(4,5)6/h7,9,11,14,22H,8,10H2,1-6H3. The monoisotopic (exact) mass is 377 g/mol. The van der Waals surface area contributed by atoms with E-state index in [4.69, 9.17) is 9.47 Å². The molecule has 0 bridgehead atoms. The second kappa shape index (κ2) is 7.21. The lowest BCUT2D eigenvalue weighted by Gasteiger charge is -2.28. The molecule has 1 aliphatic rings. The molecule has 1 aromatic rings. The van der Waals surface area contributed by atoms with Gasteiger partial charge in [0.25, 0.3) is 5.91 Å². The number of hydrogen-bond acceptors (Lipinski definition) is 6. The highest BCUT2D eigenvalue weighted by atomic mass is 16.6. The molecule has 1 aromatic carbocycles. The number of fused-ring (bicyclic) bond motifs is 1. The molecular formula is C20H27NO6. The van der Waals surface area contributed by atoms with Crippen molar-refractivity contribution in [1.29, 1.82) is 0 Å². The van der Waals surface area contributed by atoms with Gasteiger partial charge in [-0.15, -0.1) is 0 Å². The lowest BCUT2D eigenvalue weighted by Crippen LogP contribution is -2.46. The van der Waals surface area contributed by atoms with Gasteiger partial charge in [0.15, 0.2) is 0 Å². The van der Waals surface area contributed by atoms with Gasteiger partial charge in [0.2, 0.25) is 0 Å². The minimum absolute atomic E-state index is 0.0918. The molecule has 1 heterocycles. The molecule has 7 nitrogen and oxygen atoms in total. The average Bonchev–Trinajstić information content (AvgIpc) is 2.59. The van der Waals surface area contributed by atoms with Crippen LogP contribution in [0.1, 0.15) is 53.5 Å². The molecule has 0 spiro atoms. The smallest absolute Gasteiger partial charge is 0.421 e. The minimum atomic E-state index is -1.13. The molecule has 1 atom stereocenters. The lowest BCUT2D eigenvalue weighted by molar-refractivity contribution is -0.162. The Labute approximate surface area is 159 Å². The summed E-state index contributed by atoms with van der Waals surface area (Å²) in [5, 5.41) is 9.84. The number of carbonyl (C=O) groups excluding carboxylic acids is 3. The second-order valence-corrected chi connectivity index (χ2v) is 8.59. The van der Waals surface area contributed by atoms with E-state index < -0.39 is 35.1 Å². The van der Waals surface area contributed by atoms with Crippen LogP contribution in [-0.2, 0) is 25.5 Å². The van der Waals surface area contributed by atoms with E-state index in [0.29, 0.717) is 12.0 Å². The number of benzene rings is 1. The Hall–Kier alpha value is -2.57. The van der Waals surface area contributed by atoms with Crippen LogP contribution in [0.15, 0.2) is 18.2 Å². The number of ether oxygens (including phenoxy) is 2. The third kappa shape index (κ3) is 5.21. The van der Waals surface area contributed by atoms with Crippen LogP contribution < -0.4 is 4.90 Å². The lowest BCUT2D eigenvalue weighted by atomic mass is 10.00. The predicted molar refractivity (Wildman–Crippen MR) is 99.5 cm³/mol. The van der Waals surface area contributed by atoms with Gasteiger partial charge in [0, 0.05) is 6.07 Å². The molecule has 0 aliphatic carbocycles. The normalized spacial score (nSPS) is 17.8. The van der Waals surface area contributed by atoms with E-state index in [1.165, 1.54) is 12.1 Å². The number of amides is 2. The van der Waals surface area contributed by atoms with Gasteiger partial charge in [0.1, 0.15) is 22.9 Å². The Kier molecular flexibility index (Phi) is 5.54. The Balaban J connectivity index is 2.46. The number of anilines is 1. The van der Waals surface area contributed by atoms with Gasteiger partial charge >= 0.3 is 12.1 Å². The first kappa shape index (κ1) is 20.7. The van der Waals surface area contributed by atoms with Crippen molar-refractivity contribution in [2.24, 2.45) is 5.92 Å². The zero-order valence-electron chi connectivity index (χ0n) is 16.7. The van der Waals surface area contributed by atoms with Gasteiger partial charge < -0.3 is 14.6 Å². The van der Waals surface area contributed by atoms with Gasteiger partial charge in [0.05, 0.1) is 5.69 Å². The van der Waals surface area contributed by atoms with Crippen LogP contribution in [-0.4, -0.2) is 34.3 Å². The molecule has 148 valence electrons. The number of phenolic OH excluding ortho intramolecular Hbond substituents is 1. The van der Waals surface area contributed by atoms with E-state index in [9.17, 15) is 19.5 Å². The summed E-state index contributed by atoms with van der Waals surface area (Å²) >= 11 is 0. The fourth-order valence-electron chi connectivity index (χ4n) is 2.76. The summed E-state index contributed by atoms with van der Waals surface area (Å²) in [5.41, 5.74) is -0.702. The van der Waals surface area contributed by atoms with Crippen molar-refractivity contribution >= 4 is 23.7 Å². The number of phenols is 1. The number of aromatic hydroxyl groups is 1. The first-order valence-corrected chi connectivity index (χ1v) is 8.90. The third-order valence-electron chi connectivity index (χ3n) is 3.80. The van der Waals surface area contributed by atoms with E-state index in [2.05, 4.69) is 0 Å². The summed E-state index contributed by atoms with van der Waals surface area (Å²) in [4.78, 5) is 39.3. The molecule has 0 fully saturated rings. The minimum Gasteiger partial charge on any atom is -0.508 e. The molecule has 27 heavy (non-hydrogen) atoms. The maximum atomic E-state index is 13.1. The zero-order valence-corrected chi connectivity index (χ0v) is 16.7. The van der Waals surface area contributed by atoms with E-state index >= 15 is 0 Å². The summed E-state index contributed by atoms with van der Waals surface area (Å²) in [5.74, 6) is -2.63. The summed E-state index contributed by atoms with van der Waals surface area (Å²) in [6.45, 7) is 10.2. The maximum absolute atomic E-state index is 13.1. The molecule has 1 unspecified atom stereocenters. The number of imide groups is 1. The van der Waals surface area contributed by atoms with Crippen LogP contribution in [0.25, 0.3) is 0 Å². The molecule has 1 N–H and O–H groups in total. The van der Waals surface area contributed by atoms with Crippen molar-refractivity contribution in [2.45, 2.75) is 65.6 Å². The van der Waals surface area contributed by atoms with E-state index in [-0.39, 0.29) is 17.9 Å². The van der Waals surface area contributed by atoms with E-state index in [1.54, 1.807) is 47.6 Å². The van der Waals surface area contributed by atoms with Gasteiger partial charge in [-0.3, -0.25) is 9.59 Å². The fraction of sp³-hybridized carbons (Fsp3) is 0.550. The van der Waals surface area contributed by atoms with Crippen LogP contribution in [0.3, 0.4) is 0 Å². The number of nitrogens with zero attached hydrogens (tertiary/aromatic N) is 1. The Morgan fingerprint density at radius 2 is 1.67 bits per heavy atom. The highest BCUT2D eigenvalue weighted by molar-refractivity contribution is 6.18. The summed E-state index contributed by atoms with van der Waals surface area (Å²) in [6, 6.07) is 4.44. The van der Waals surface area contributed by atoms with Gasteiger partial charge in [-0.2, -0.15) is 0 Å². The third-order valence-corrected chi connectivity index (χ3v) is 3.80. The Morgan fingerprint density at radius 3 is 2.22 bits per heavy atom. The van der Waals surface area contributed by atoms with E-state index in [0.717, 1.165) is 4.90 Å². The number of aryl methyl sites for hydroxylation is 1. The molecule has 0 saturated heterocycles. The first-order chi connectivity index (χ1) is 12.3. The number of hydrogen-bond donors (Lipinski definition) is 1. The van der Waals surface area contributed by atoms with Crippen LogP contribution in [0.4, 0.5) is 10.5 Å². The topological polar surface area (TPSA) is 93.1 Å². The molecule has 0 radical (unpaired) electrons. The van der Waals surface area contributed by atoms with Crippen molar-refractivity contribution in [3.05, 3.63) is 23.8 Å². The SMILES string of the molecule is CC(C)(C)OC(=O)C1CCc2ccc(O)cc2N(C(=O)OC(C)(C)C)C1=O. The number of carbonyl (C=O) groups is 3. The summed E-state index contributed by atoms with van der Waals surface area (Å²) in [6.07, 6.45) is -0.315. The van der Waals surface area contributed by atoms with E-state index in [1.807, 2.05) is 0 Å². The van der Waals surface area contributed by atoms with Gasteiger partial charge in [-0.25, -0.2) is 9.69 Å². The highest BCUT2D eigenvalue weighted by Crippen LogP contribution is 2.34. The second-order valence-electron chi connectivity index (χ2n) is 8.59. The van der Waals surface area contributed by atoms with Crippen LogP contribution in [0.5, 0.6) is 5.75 Å². The molecule has 0 aromatic heterocycles. The summed E-state index contributed by atoms with van der Waals surface area (Å²) < 4.78 is 10.7.